The van der Waals surface area contributed by atoms with Gasteiger partial charge in [-0.05, 0) is 55.2 Å². The summed E-state index contributed by atoms with van der Waals surface area (Å²) >= 11 is 1.65. The maximum absolute atomic E-state index is 13.0. The number of benzene rings is 2. The molecule has 0 saturated heterocycles. The predicted octanol–water partition coefficient (Wildman–Crippen LogP) is 6.16. The summed E-state index contributed by atoms with van der Waals surface area (Å²) in [6.45, 7) is 3.49. The van der Waals surface area contributed by atoms with E-state index in [2.05, 4.69) is 17.3 Å². The molecule has 0 unspecified atom stereocenters. The lowest BCUT2D eigenvalue weighted by Gasteiger charge is -2.08. The number of carbonyl (C=O) groups is 2. The van der Waals surface area contributed by atoms with Gasteiger partial charge in [0.05, 0.1) is 5.92 Å². The van der Waals surface area contributed by atoms with Crippen LogP contribution >= 0.6 is 11.8 Å². The Morgan fingerprint density at radius 2 is 1.69 bits per heavy atom. The van der Waals surface area contributed by atoms with Crippen molar-refractivity contribution in [3.8, 4) is 0 Å². The van der Waals surface area contributed by atoms with Crippen LogP contribution in [0.25, 0.3) is 0 Å². The molecule has 2 aromatic rings. The molecule has 0 heterocycles. The highest BCUT2D eigenvalue weighted by atomic mass is 32.2. The summed E-state index contributed by atoms with van der Waals surface area (Å²) in [5, 5.41) is 3.94. The summed E-state index contributed by atoms with van der Waals surface area (Å²) < 4.78 is 0. The van der Waals surface area contributed by atoms with E-state index in [1.165, 1.54) is 12.8 Å². The molecule has 0 spiro atoms. The lowest BCUT2D eigenvalue weighted by molar-refractivity contribution is -0.147. The van der Waals surface area contributed by atoms with E-state index in [0.29, 0.717) is 17.7 Å². The molecular formula is C24H27NO3S. The molecule has 4 nitrogen and oxygen atoms in total. The zero-order chi connectivity index (χ0) is 20.6. The van der Waals surface area contributed by atoms with Crippen LogP contribution in [0.2, 0.25) is 0 Å². The third-order valence-electron chi connectivity index (χ3n) is 4.80. The van der Waals surface area contributed by atoms with E-state index in [0.717, 1.165) is 28.6 Å². The minimum absolute atomic E-state index is 0.173. The molecule has 0 radical (unpaired) electrons. The van der Waals surface area contributed by atoms with Crippen LogP contribution < -0.4 is 0 Å². The molecule has 3 rings (SSSR count). The Hall–Kier alpha value is -2.40. The summed E-state index contributed by atoms with van der Waals surface area (Å²) in [5.74, 6) is -0.0876. The van der Waals surface area contributed by atoms with Gasteiger partial charge >= 0.3 is 5.97 Å². The number of carbonyl (C=O) groups excluding carboxylic acids is 2. The number of hydrogen-bond donors (Lipinski definition) is 0. The topological polar surface area (TPSA) is 55.7 Å². The minimum Gasteiger partial charge on any atom is -0.318 e. The fourth-order valence-electron chi connectivity index (χ4n) is 2.84. The van der Waals surface area contributed by atoms with Crippen molar-refractivity contribution < 1.29 is 14.4 Å². The molecule has 0 amide bonds. The maximum atomic E-state index is 13.0. The highest BCUT2D eigenvalue weighted by Crippen LogP contribution is 2.34. The first kappa shape index (κ1) is 21.3. The second-order valence-corrected chi connectivity index (χ2v) is 8.85. The minimum atomic E-state index is -0.424. The Labute approximate surface area is 176 Å². The van der Waals surface area contributed by atoms with Crippen LogP contribution in [0.1, 0.15) is 56.3 Å². The molecule has 1 aliphatic rings. The molecule has 5 heteroatoms. The summed E-state index contributed by atoms with van der Waals surface area (Å²) in [5.41, 5.74) is 0.885. The number of nitrogens with zero attached hydrogens (tertiary/aromatic N) is 1. The van der Waals surface area contributed by atoms with Gasteiger partial charge in [-0.2, -0.15) is 0 Å². The van der Waals surface area contributed by atoms with E-state index in [9.17, 15) is 9.59 Å². The summed E-state index contributed by atoms with van der Waals surface area (Å²) in [6.07, 6.45) is 5.07. The van der Waals surface area contributed by atoms with Crippen molar-refractivity contribution in [3.63, 3.8) is 0 Å². The van der Waals surface area contributed by atoms with E-state index in [1.807, 2.05) is 42.5 Å². The van der Waals surface area contributed by atoms with Crippen molar-refractivity contribution >= 4 is 29.2 Å². The van der Waals surface area contributed by atoms with Crippen LogP contribution in [0.4, 0.5) is 0 Å². The molecule has 0 aromatic heterocycles. The lowest BCUT2D eigenvalue weighted by Crippen LogP contribution is -2.17. The van der Waals surface area contributed by atoms with Gasteiger partial charge in [-0.3, -0.25) is 4.79 Å². The summed E-state index contributed by atoms with van der Waals surface area (Å²) in [4.78, 5) is 31.9. The Bertz CT molecular complexity index is 855. The molecule has 1 aliphatic carbocycles. The second kappa shape index (κ2) is 10.4. The third kappa shape index (κ3) is 6.86. The molecule has 1 fully saturated rings. The van der Waals surface area contributed by atoms with Crippen LogP contribution in [-0.2, 0) is 9.63 Å². The normalized spacial score (nSPS) is 14.1. The average molecular weight is 410 g/mol. The van der Waals surface area contributed by atoms with Crippen molar-refractivity contribution in [1.29, 1.82) is 0 Å². The smallest absolute Gasteiger partial charge is 0.318 e. The Morgan fingerprint density at radius 1 is 1.03 bits per heavy atom. The van der Waals surface area contributed by atoms with Gasteiger partial charge < -0.3 is 4.84 Å². The fraction of sp³-hybridized carbons (Fsp3) is 0.375. The van der Waals surface area contributed by atoms with E-state index in [1.54, 1.807) is 25.6 Å². The summed E-state index contributed by atoms with van der Waals surface area (Å²) in [6, 6.07) is 17.6. The van der Waals surface area contributed by atoms with E-state index < -0.39 is 5.97 Å². The monoisotopic (exact) mass is 409 g/mol. The first-order valence-electron chi connectivity index (χ1n) is 10.2. The van der Waals surface area contributed by atoms with Crippen molar-refractivity contribution in [2.75, 3.05) is 0 Å². The van der Waals surface area contributed by atoms with Gasteiger partial charge in [0.2, 0.25) is 5.78 Å². The molecule has 29 heavy (non-hydrogen) atoms. The van der Waals surface area contributed by atoms with E-state index in [-0.39, 0.29) is 11.7 Å². The van der Waals surface area contributed by atoms with Crippen LogP contribution in [0.15, 0.2) is 69.5 Å². The summed E-state index contributed by atoms with van der Waals surface area (Å²) in [7, 11) is 0. The molecule has 0 N–H and O–H groups in total. The zero-order valence-corrected chi connectivity index (χ0v) is 17.8. The predicted molar refractivity (Wildman–Crippen MR) is 116 cm³/mol. The first-order chi connectivity index (χ1) is 14.0. The number of rotatable bonds is 10. The molecule has 0 aliphatic heterocycles. The van der Waals surface area contributed by atoms with Gasteiger partial charge in [-0.25, -0.2) is 4.79 Å². The van der Waals surface area contributed by atoms with Crippen LogP contribution in [0, 0.1) is 11.8 Å². The second-order valence-electron chi connectivity index (χ2n) is 7.71. The average Bonchev–Trinajstić information content (AvgIpc) is 3.55. The van der Waals surface area contributed by atoms with Gasteiger partial charge in [0.15, 0.2) is 0 Å². The van der Waals surface area contributed by atoms with Crippen LogP contribution in [0.5, 0.6) is 0 Å². The number of oxime groups is 1. The number of ketones is 1. The molecule has 1 saturated carbocycles. The highest BCUT2D eigenvalue weighted by Gasteiger charge is 2.22. The van der Waals surface area contributed by atoms with Gasteiger partial charge in [-0.1, -0.05) is 68.2 Å². The van der Waals surface area contributed by atoms with Gasteiger partial charge in [0.25, 0.3) is 0 Å². The van der Waals surface area contributed by atoms with Crippen molar-refractivity contribution in [2.24, 2.45) is 17.0 Å². The van der Waals surface area contributed by atoms with Crippen molar-refractivity contribution in [1.82, 2.24) is 0 Å². The van der Waals surface area contributed by atoms with Crippen molar-refractivity contribution in [3.05, 3.63) is 60.2 Å². The van der Waals surface area contributed by atoms with Crippen LogP contribution in [-0.4, -0.2) is 17.5 Å². The lowest BCUT2D eigenvalue weighted by atomic mass is 10.0. The fourth-order valence-corrected chi connectivity index (χ4v) is 3.67. The van der Waals surface area contributed by atoms with Gasteiger partial charge in [-0.15, -0.1) is 0 Å². The molecule has 0 atom stereocenters. The molecular weight excluding hydrogens is 382 g/mol. The Balaban J connectivity index is 1.67. The standard InChI is InChI=1S/C24H27NO3S/c1-17(2)24(27)28-25-22(10-6-7-18-11-12-18)23(26)19-13-15-21(16-14-19)29-20-8-4-3-5-9-20/h3-5,8-9,13-18H,6-7,10-12H2,1-2H3/b25-22+. The van der Waals surface area contributed by atoms with E-state index >= 15 is 0 Å². The highest BCUT2D eigenvalue weighted by molar-refractivity contribution is 7.99. The maximum Gasteiger partial charge on any atom is 0.337 e. The molecule has 152 valence electrons. The third-order valence-corrected chi connectivity index (χ3v) is 5.81. The first-order valence-corrected chi connectivity index (χ1v) is 11.0. The van der Waals surface area contributed by atoms with Crippen LogP contribution in [0.3, 0.4) is 0 Å². The Kier molecular flexibility index (Phi) is 7.64. The van der Waals surface area contributed by atoms with Gasteiger partial charge in [0.1, 0.15) is 5.71 Å². The number of Topliss-reactive ketones (excluding diaryl/α,β-unsaturated/α-hetero) is 1. The van der Waals surface area contributed by atoms with Gasteiger partial charge in [0, 0.05) is 15.4 Å². The zero-order valence-electron chi connectivity index (χ0n) is 17.0. The van der Waals surface area contributed by atoms with E-state index in [4.69, 9.17) is 4.84 Å². The molecule has 0 bridgehead atoms. The quantitative estimate of drug-likeness (QED) is 0.204. The van der Waals surface area contributed by atoms with Crippen molar-refractivity contribution in [2.45, 2.75) is 55.7 Å². The largest absolute Gasteiger partial charge is 0.337 e. The molecule has 2 aromatic carbocycles. The Morgan fingerprint density at radius 3 is 2.31 bits per heavy atom. The number of hydrogen-bond acceptors (Lipinski definition) is 5. The SMILES string of the molecule is CC(C)C(=O)O/N=C(\CCCC1CC1)C(=O)c1ccc(Sc2ccccc2)cc1.